The van der Waals surface area contributed by atoms with Crippen molar-refractivity contribution in [2.45, 2.75) is 25.9 Å². The molecule has 1 aliphatic heterocycles. The third-order valence-corrected chi connectivity index (χ3v) is 5.59. The molecular formula is C24H28FN5O. The summed E-state index contributed by atoms with van der Waals surface area (Å²) >= 11 is 0. The van der Waals surface area contributed by atoms with Crippen molar-refractivity contribution in [3.05, 3.63) is 71.7 Å². The van der Waals surface area contributed by atoms with Crippen molar-refractivity contribution in [1.82, 2.24) is 20.2 Å². The molecule has 0 amide bonds. The second-order valence-corrected chi connectivity index (χ2v) is 7.95. The first kappa shape index (κ1) is 21.2. The van der Waals surface area contributed by atoms with Crippen LogP contribution in [0.5, 0.6) is 5.75 Å². The molecule has 2 aromatic carbocycles. The van der Waals surface area contributed by atoms with Crippen LogP contribution >= 0.6 is 0 Å². The first-order chi connectivity index (χ1) is 15.1. The summed E-state index contributed by atoms with van der Waals surface area (Å²) in [6, 6.07) is 14.6. The number of phenolic OH excluding ortho intramolecular Hbond substituents is 1. The highest BCUT2D eigenvalue weighted by Gasteiger charge is 2.18. The predicted molar refractivity (Wildman–Crippen MR) is 120 cm³/mol. The van der Waals surface area contributed by atoms with Gasteiger partial charge in [-0.1, -0.05) is 18.2 Å². The van der Waals surface area contributed by atoms with Crippen LogP contribution in [0, 0.1) is 5.82 Å². The van der Waals surface area contributed by atoms with Gasteiger partial charge in [-0.25, -0.2) is 14.4 Å². The maximum absolute atomic E-state index is 14.6. The van der Waals surface area contributed by atoms with Crippen LogP contribution < -0.4 is 10.6 Å². The van der Waals surface area contributed by atoms with Gasteiger partial charge in [-0.3, -0.25) is 4.90 Å². The van der Waals surface area contributed by atoms with E-state index < -0.39 is 0 Å². The molecule has 0 unspecified atom stereocenters. The molecule has 1 saturated heterocycles. The largest absolute Gasteiger partial charge is 0.508 e. The molecule has 1 fully saturated rings. The van der Waals surface area contributed by atoms with Crippen molar-refractivity contribution < 1.29 is 9.50 Å². The van der Waals surface area contributed by atoms with E-state index in [0.717, 1.165) is 37.3 Å². The minimum absolute atomic E-state index is 0.251. The lowest BCUT2D eigenvalue weighted by Crippen LogP contribution is -2.49. The average Bonchev–Trinajstić information content (AvgIpc) is 2.77. The first-order valence-corrected chi connectivity index (χ1v) is 10.7. The third-order valence-electron chi connectivity index (χ3n) is 5.59. The van der Waals surface area contributed by atoms with Gasteiger partial charge < -0.3 is 15.7 Å². The van der Waals surface area contributed by atoms with Gasteiger partial charge in [0.15, 0.2) is 0 Å². The highest BCUT2D eigenvalue weighted by Crippen LogP contribution is 2.24. The second kappa shape index (κ2) is 9.85. The lowest BCUT2D eigenvalue weighted by molar-refractivity contribution is 0.165. The molecule has 0 aliphatic carbocycles. The number of aromatic hydroxyl groups is 1. The normalized spacial score (nSPS) is 16.9. The number of benzene rings is 2. The zero-order chi connectivity index (χ0) is 21.6. The number of halogens is 1. The third kappa shape index (κ3) is 5.57. The lowest BCUT2D eigenvalue weighted by atomic mass is 10.1. The van der Waals surface area contributed by atoms with Gasteiger partial charge in [-0.05, 0) is 54.8 Å². The van der Waals surface area contributed by atoms with Gasteiger partial charge in [-0.15, -0.1) is 0 Å². The lowest BCUT2D eigenvalue weighted by Gasteiger charge is -2.34. The van der Waals surface area contributed by atoms with E-state index >= 15 is 0 Å². The van der Waals surface area contributed by atoms with Crippen molar-refractivity contribution in [1.29, 1.82) is 0 Å². The predicted octanol–water partition coefficient (Wildman–Crippen LogP) is 3.44. The smallest absolute Gasteiger partial charge is 0.223 e. The molecule has 3 N–H and O–H groups in total. The SMILES string of the molecule is C[C@H]1CNCCN1Cc1ccc(F)c(-c2ccnc(NCCc3cccc(O)c3)n2)c1. The molecule has 6 nitrogen and oxygen atoms in total. The van der Waals surface area contributed by atoms with Crippen molar-refractivity contribution in [3.63, 3.8) is 0 Å². The molecule has 1 atom stereocenters. The van der Waals surface area contributed by atoms with E-state index in [1.807, 2.05) is 24.3 Å². The Morgan fingerprint density at radius 2 is 2.10 bits per heavy atom. The Hall–Kier alpha value is -3.03. The van der Waals surface area contributed by atoms with Gasteiger partial charge in [-0.2, -0.15) is 0 Å². The summed E-state index contributed by atoms with van der Waals surface area (Å²) in [5.74, 6) is 0.418. The summed E-state index contributed by atoms with van der Waals surface area (Å²) < 4.78 is 14.6. The number of piperazine rings is 1. The van der Waals surface area contributed by atoms with Gasteiger partial charge in [0.25, 0.3) is 0 Å². The summed E-state index contributed by atoms with van der Waals surface area (Å²) in [4.78, 5) is 11.2. The van der Waals surface area contributed by atoms with E-state index in [1.54, 1.807) is 24.4 Å². The van der Waals surface area contributed by atoms with Gasteiger partial charge >= 0.3 is 0 Å². The number of phenols is 1. The fourth-order valence-corrected chi connectivity index (χ4v) is 3.84. The van der Waals surface area contributed by atoms with Crippen LogP contribution in [-0.4, -0.2) is 52.2 Å². The topological polar surface area (TPSA) is 73.3 Å². The summed E-state index contributed by atoms with van der Waals surface area (Å²) in [5, 5.41) is 16.2. The Kier molecular flexibility index (Phi) is 6.74. The Balaban J connectivity index is 1.45. The molecule has 4 rings (SSSR count). The molecule has 2 heterocycles. The van der Waals surface area contributed by atoms with Crippen molar-refractivity contribution in [3.8, 4) is 17.0 Å². The van der Waals surface area contributed by atoms with Crippen LogP contribution in [0.2, 0.25) is 0 Å². The van der Waals surface area contributed by atoms with Gasteiger partial charge in [0, 0.05) is 50.5 Å². The standard InChI is InChI=1S/C24H28FN5O/c1-17-15-26-11-12-30(17)16-19-5-6-22(25)21(14-19)23-8-10-28-24(29-23)27-9-7-18-3-2-4-20(31)13-18/h2-6,8,10,13-14,17,26,31H,7,9,11-12,15-16H2,1H3,(H,27,28,29)/t17-/m0/s1. The Bertz CT molecular complexity index is 1030. The van der Waals surface area contributed by atoms with E-state index in [1.165, 1.54) is 6.07 Å². The Labute approximate surface area is 182 Å². The van der Waals surface area contributed by atoms with E-state index in [4.69, 9.17) is 0 Å². The number of hydrogen-bond acceptors (Lipinski definition) is 6. The molecule has 0 saturated carbocycles. The van der Waals surface area contributed by atoms with Gasteiger partial charge in [0.05, 0.1) is 5.69 Å². The first-order valence-electron chi connectivity index (χ1n) is 10.7. The van der Waals surface area contributed by atoms with Crippen LogP contribution in [0.4, 0.5) is 10.3 Å². The monoisotopic (exact) mass is 421 g/mol. The van der Waals surface area contributed by atoms with E-state index in [0.29, 0.717) is 36.2 Å². The van der Waals surface area contributed by atoms with E-state index in [9.17, 15) is 9.50 Å². The summed E-state index contributed by atoms with van der Waals surface area (Å²) in [5.41, 5.74) is 3.13. The molecule has 7 heteroatoms. The minimum Gasteiger partial charge on any atom is -0.508 e. The van der Waals surface area contributed by atoms with Crippen LogP contribution in [0.25, 0.3) is 11.3 Å². The van der Waals surface area contributed by atoms with Crippen molar-refractivity contribution in [2.24, 2.45) is 0 Å². The number of rotatable bonds is 7. The van der Waals surface area contributed by atoms with E-state index in [-0.39, 0.29) is 11.6 Å². The molecule has 0 radical (unpaired) electrons. The van der Waals surface area contributed by atoms with Gasteiger partial charge in [0.1, 0.15) is 11.6 Å². The highest BCUT2D eigenvalue weighted by molar-refractivity contribution is 5.61. The number of anilines is 1. The van der Waals surface area contributed by atoms with Gasteiger partial charge in [0.2, 0.25) is 5.95 Å². The van der Waals surface area contributed by atoms with Crippen LogP contribution in [-0.2, 0) is 13.0 Å². The van der Waals surface area contributed by atoms with E-state index in [2.05, 4.69) is 32.4 Å². The molecular weight excluding hydrogens is 393 g/mol. The number of hydrogen-bond donors (Lipinski definition) is 3. The molecule has 1 aliphatic rings. The van der Waals surface area contributed by atoms with Crippen LogP contribution in [0.1, 0.15) is 18.1 Å². The summed E-state index contributed by atoms with van der Waals surface area (Å²) in [6.07, 6.45) is 2.36. The van der Waals surface area contributed by atoms with Crippen LogP contribution in [0.3, 0.4) is 0 Å². The molecule has 1 aromatic heterocycles. The number of nitrogens with one attached hydrogen (secondary N) is 2. The maximum atomic E-state index is 14.6. The zero-order valence-corrected chi connectivity index (χ0v) is 17.7. The molecule has 162 valence electrons. The van der Waals surface area contributed by atoms with Crippen molar-refractivity contribution >= 4 is 5.95 Å². The molecule has 0 bridgehead atoms. The number of aromatic nitrogens is 2. The second-order valence-electron chi connectivity index (χ2n) is 7.95. The summed E-state index contributed by atoms with van der Waals surface area (Å²) in [7, 11) is 0. The number of nitrogens with zero attached hydrogens (tertiary/aromatic N) is 3. The average molecular weight is 422 g/mol. The minimum atomic E-state index is -0.290. The zero-order valence-electron chi connectivity index (χ0n) is 17.7. The molecule has 3 aromatic rings. The summed E-state index contributed by atoms with van der Waals surface area (Å²) in [6.45, 7) is 6.52. The Morgan fingerprint density at radius 3 is 2.94 bits per heavy atom. The van der Waals surface area contributed by atoms with Crippen molar-refractivity contribution in [2.75, 3.05) is 31.5 Å². The fraction of sp³-hybridized carbons (Fsp3) is 0.333. The fourth-order valence-electron chi connectivity index (χ4n) is 3.84. The Morgan fingerprint density at radius 1 is 1.19 bits per heavy atom. The van der Waals surface area contributed by atoms with Crippen LogP contribution in [0.15, 0.2) is 54.7 Å². The molecule has 0 spiro atoms. The quantitative estimate of drug-likeness (QED) is 0.543. The molecule has 31 heavy (non-hydrogen) atoms. The highest BCUT2D eigenvalue weighted by atomic mass is 19.1. The maximum Gasteiger partial charge on any atom is 0.223 e.